The third-order valence-corrected chi connectivity index (χ3v) is 4.05. The molecular weight excluding hydrogens is 290 g/mol. The van der Waals surface area contributed by atoms with Crippen molar-refractivity contribution < 1.29 is 14.3 Å². The van der Waals surface area contributed by atoms with Crippen molar-refractivity contribution in [3.63, 3.8) is 0 Å². The van der Waals surface area contributed by atoms with Crippen molar-refractivity contribution in [2.24, 2.45) is 0 Å². The van der Waals surface area contributed by atoms with E-state index in [4.69, 9.17) is 9.47 Å². The highest BCUT2D eigenvalue weighted by Gasteiger charge is 2.28. The lowest BCUT2D eigenvalue weighted by molar-refractivity contribution is -0.131. The van der Waals surface area contributed by atoms with Gasteiger partial charge in [0.25, 0.3) is 5.91 Å². The molecule has 23 heavy (non-hydrogen) atoms. The van der Waals surface area contributed by atoms with Gasteiger partial charge in [-0.15, -0.1) is 0 Å². The van der Waals surface area contributed by atoms with Crippen molar-refractivity contribution in [1.29, 1.82) is 0 Å². The van der Waals surface area contributed by atoms with Crippen LogP contribution in [0.3, 0.4) is 0 Å². The number of benzene rings is 2. The van der Waals surface area contributed by atoms with Gasteiger partial charge in [0.15, 0.2) is 11.5 Å². The number of fused-ring (bicyclic) bond motifs is 1. The Hall–Kier alpha value is -2.49. The number of para-hydroxylation sites is 2. The van der Waals surface area contributed by atoms with E-state index in [0.29, 0.717) is 11.5 Å². The Morgan fingerprint density at radius 3 is 2.65 bits per heavy atom. The summed E-state index contributed by atoms with van der Waals surface area (Å²) in [6.45, 7) is 6.32. The minimum absolute atomic E-state index is 0.0797. The molecule has 2 atom stereocenters. The molecule has 0 saturated carbocycles. The number of amides is 1. The first kappa shape index (κ1) is 15.4. The van der Waals surface area contributed by atoms with Gasteiger partial charge in [-0.3, -0.25) is 4.79 Å². The lowest BCUT2D eigenvalue weighted by Gasteiger charge is -2.27. The maximum absolute atomic E-state index is 12.5. The van der Waals surface area contributed by atoms with Crippen molar-refractivity contribution in [3.8, 4) is 11.5 Å². The first-order valence-corrected chi connectivity index (χ1v) is 7.80. The summed E-state index contributed by atoms with van der Waals surface area (Å²) in [6.07, 6.45) is -0.627. The smallest absolute Gasteiger partial charge is 0.265 e. The molecule has 1 aliphatic rings. The Labute approximate surface area is 136 Å². The van der Waals surface area contributed by atoms with E-state index < -0.39 is 6.10 Å². The highest BCUT2D eigenvalue weighted by Crippen LogP contribution is 2.31. The molecule has 2 unspecified atom stereocenters. The Balaban J connectivity index is 1.68. The second-order valence-corrected chi connectivity index (χ2v) is 5.95. The van der Waals surface area contributed by atoms with Crippen LogP contribution in [-0.4, -0.2) is 18.6 Å². The quantitative estimate of drug-likeness (QED) is 0.946. The molecule has 0 fully saturated rings. The predicted octanol–water partition coefficient (Wildman–Crippen LogP) is 3.32. The average Bonchev–Trinajstić information content (AvgIpc) is 2.54. The Morgan fingerprint density at radius 1 is 1.17 bits per heavy atom. The van der Waals surface area contributed by atoms with Gasteiger partial charge in [0.1, 0.15) is 6.61 Å². The van der Waals surface area contributed by atoms with Gasteiger partial charge < -0.3 is 14.8 Å². The monoisotopic (exact) mass is 311 g/mol. The third-order valence-electron chi connectivity index (χ3n) is 4.05. The Morgan fingerprint density at radius 2 is 1.91 bits per heavy atom. The molecule has 120 valence electrons. The van der Waals surface area contributed by atoms with Crippen molar-refractivity contribution in [2.75, 3.05) is 6.61 Å². The molecule has 0 radical (unpaired) electrons. The van der Waals surface area contributed by atoms with Gasteiger partial charge in [-0.1, -0.05) is 35.9 Å². The zero-order valence-corrected chi connectivity index (χ0v) is 13.6. The molecule has 4 heteroatoms. The molecule has 1 aliphatic heterocycles. The van der Waals surface area contributed by atoms with E-state index >= 15 is 0 Å². The van der Waals surface area contributed by atoms with Gasteiger partial charge in [0.05, 0.1) is 6.04 Å². The van der Waals surface area contributed by atoms with Crippen LogP contribution < -0.4 is 14.8 Å². The summed E-state index contributed by atoms with van der Waals surface area (Å²) in [5.74, 6) is 1.13. The standard InChI is InChI=1S/C19H21NO3/c1-12-8-9-15(13(2)10-12)14(3)20-19(21)18-11-22-16-6-4-5-7-17(16)23-18/h4-10,14,18H,11H2,1-3H3,(H,20,21). The number of hydrogen-bond donors (Lipinski definition) is 1. The van der Waals surface area contributed by atoms with E-state index in [1.807, 2.05) is 31.2 Å². The molecule has 0 aliphatic carbocycles. The normalized spacial score (nSPS) is 17.4. The van der Waals surface area contributed by atoms with E-state index in [1.54, 1.807) is 0 Å². The van der Waals surface area contributed by atoms with Crippen LogP contribution in [0.15, 0.2) is 42.5 Å². The molecule has 1 N–H and O–H groups in total. The molecule has 3 rings (SSSR count). The van der Waals surface area contributed by atoms with Gasteiger partial charge in [-0.2, -0.15) is 0 Å². The number of aryl methyl sites for hydroxylation is 2. The van der Waals surface area contributed by atoms with Crippen molar-refractivity contribution >= 4 is 5.91 Å². The summed E-state index contributed by atoms with van der Waals surface area (Å²) in [4.78, 5) is 12.5. The molecular formula is C19H21NO3. The molecule has 1 amide bonds. The van der Waals surface area contributed by atoms with Crippen LogP contribution in [0.2, 0.25) is 0 Å². The number of carbonyl (C=O) groups is 1. The number of hydrogen-bond acceptors (Lipinski definition) is 3. The van der Waals surface area contributed by atoms with Gasteiger partial charge in [0, 0.05) is 0 Å². The predicted molar refractivity (Wildman–Crippen MR) is 88.8 cm³/mol. The molecule has 0 bridgehead atoms. The summed E-state index contributed by atoms with van der Waals surface area (Å²) in [6, 6.07) is 13.5. The topological polar surface area (TPSA) is 47.6 Å². The zero-order valence-electron chi connectivity index (χ0n) is 13.6. The fourth-order valence-electron chi connectivity index (χ4n) is 2.84. The highest BCUT2D eigenvalue weighted by molar-refractivity contribution is 5.82. The summed E-state index contributed by atoms with van der Waals surface area (Å²) < 4.78 is 11.3. The molecule has 1 heterocycles. The summed E-state index contributed by atoms with van der Waals surface area (Å²) in [7, 11) is 0. The largest absolute Gasteiger partial charge is 0.485 e. The SMILES string of the molecule is Cc1ccc(C(C)NC(=O)C2COc3ccccc3O2)c(C)c1. The Bertz CT molecular complexity index is 726. The van der Waals surface area contributed by atoms with Crippen LogP contribution in [0.5, 0.6) is 11.5 Å². The van der Waals surface area contributed by atoms with E-state index in [1.165, 1.54) is 11.1 Å². The van der Waals surface area contributed by atoms with Gasteiger partial charge in [-0.05, 0) is 44.0 Å². The van der Waals surface area contributed by atoms with E-state index in [0.717, 1.165) is 5.56 Å². The minimum atomic E-state index is -0.627. The van der Waals surface area contributed by atoms with Crippen LogP contribution in [0, 0.1) is 13.8 Å². The zero-order chi connectivity index (χ0) is 16.4. The van der Waals surface area contributed by atoms with E-state index in [9.17, 15) is 4.79 Å². The van der Waals surface area contributed by atoms with Crippen LogP contribution >= 0.6 is 0 Å². The van der Waals surface area contributed by atoms with Crippen LogP contribution in [-0.2, 0) is 4.79 Å². The number of nitrogens with one attached hydrogen (secondary N) is 1. The molecule has 0 spiro atoms. The van der Waals surface area contributed by atoms with Gasteiger partial charge in [0.2, 0.25) is 6.10 Å². The number of carbonyl (C=O) groups excluding carboxylic acids is 1. The summed E-state index contributed by atoms with van der Waals surface area (Å²) in [5.41, 5.74) is 3.50. The third kappa shape index (κ3) is 3.31. The van der Waals surface area contributed by atoms with Crippen LogP contribution in [0.1, 0.15) is 29.7 Å². The molecule has 0 saturated heterocycles. The number of rotatable bonds is 3. The van der Waals surface area contributed by atoms with E-state index in [-0.39, 0.29) is 18.6 Å². The maximum Gasteiger partial charge on any atom is 0.265 e. The highest BCUT2D eigenvalue weighted by atomic mass is 16.6. The second kappa shape index (κ2) is 6.32. The summed E-state index contributed by atoms with van der Waals surface area (Å²) >= 11 is 0. The number of ether oxygens (including phenoxy) is 2. The lowest BCUT2D eigenvalue weighted by Crippen LogP contribution is -2.44. The van der Waals surface area contributed by atoms with Crippen LogP contribution in [0.4, 0.5) is 0 Å². The lowest BCUT2D eigenvalue weighted by atomic mass is 10.00. The van der Waals surface area contributed by atoms with Crippen molar-refractivity contribution in [1.82, 2.24) is 5.32 Å². The van der Waals surface area contributed by atoms with Crippen molar-refractivity contribution in [3.05, 3.63) is 59.2 Å². The van der Waals surface area contributed by atoms with Gasteiger partial charge >= 0.3 is 0 Å². The fourth-order valence-corrected chi connectivity index (χ4v) is 2.84. The Kier molecular flexibility index (Phi) is 4.24. The maximum atomic E-state index is 12.5. The first-order valence-electron chi connectivity index (χ1n) is 7.80. The first-order chi connectivity index (χ1) is 11.0. The average molecular weight is 311 g/mol. The van der Waals surface area contributed by atoms with Crippen LogP contribution in [0.25, 0.3) is 0 Å². The van der Waals surface area contributed by atoms with Crippen molar-refractivity contribution in [2.45, 2.75) is 32.9 Å². The summed E-state index contributed by atoms with van der Waals surface area (Å²) in [5, 5.41) is 3.01. The second-order valence-electron chi connectivity index (χ2n) is 5.95. The molecule has 2 aromatic rings. The van der Waals surface area contributed by atoms with E-state index in [2.05, 4.69) is 37.4 Å². The molecule has 2 aromatic carbocycles. The fraction of sp³-hybridized carbons (Fsp3) is 0.316. The minimum Gasteiger partial charge on any atom is -0.485 e. The molecule has 0 aromatic heterocycles. The molecule has 4 nitrogen and oxygen atoms in total. The van der Waals surface area contributed by atoms with Gasteiger partial charge in [-0.25, -0.2) is 0 Å².